The van der Waals surface area contributed by atoms with Crippen LogP contribution in [0.15, 0.2) is 47.6 Å². The van der Waals surface area contributed by atoms with Gasteiger partial charge >= 0.3 is 0 Å². The molecule has 1 amide bonds. The summed E-state index contributed by atoms with van der Waals surface area (Å²) in [6.45, 7) is 2.49. The van der Waals surface area contributed by atoms with Crippen molar-refractivity contribution in [3.63, 3.8) is 0 Å². The highest BCUT2D eigenvalue weighted by Gasteiger charge is 2.53. The maximum Gasteiger partial charge on any atom is 0.244 e. The summed E-state index contributed by atoms with van der Waals surface area (Å²) in [5.41, 5.74) is 1.31. The van der Waals surface area contributed by atoms with E-state index >= 15 is 0 Å². The number of nitrogens with one attached hydrogen (secondary N) is 1. The molecule has 1 saturated heterocycles. The van der Waals surface area contributed by atoms with Crippen LogP contribution in [0.3, 0.4) is 0 Å². The first kappa shape index (κ1) is 21.8. The minimum absolute atomic E-state index is 0.112. The van der Waals surface area contributed by atoms with E-state index in [1.165, 1.54) is 10.5 Å². The van der Waals surface area contributed by atoms with Crippen LogP contribution in [0.5, 0.6) is 5.75 Å². The molecule has 31 heavy (non-hydrogen) atoms. The van der Waals surface area contributed by atoms with Crippen LogP contribution < -0.4 is 10.1 Å². The number of nitrogens with zero attached hydrogens (tertiary/aromatic N) is 2. The quantitative estimate of drug-likeness (QED) is 0.763. The van der Waals surface area contributed by atoms with Gasteiger partial charge in [0.05, 0.1) is 13.0 Å². The van der Waals surface area contributed by atoms with Crippen LogP contribution in [0, 0.1) is 18.3 Å². The summed E-state index contributed by atoms with van der Waals surface area (Å²) >= 11 is 0. The monoisotopic (exact) mass is 443 g/mol. The smallest absolute Gasteiger partial charge is 0.244 e. The third-order valence-electron chi connectivity index (χ3n) is 6.75. The molecule has 166 valence electrons. The second kappa shape index (κ2) is 8.59. The fraction of sp³-hybridized carbons (Fsp3) is 0.478. The van der Waals surface area contributed by atoms with E-state index in [2.05, 4.69) is 10.3 Å². The van der Waals surface area contributed by atoms with Crippen molar-refractivity contribution in [2.45, 2.75) is 43.9 Å². The van der Waals surface area contributed by atoms with E-state index in [9.17, 15) is 13.2 Å². The molecule has 8 heteroatoms. The number of pyridine rings is 1. The molecule has 4 rings (SSSR count). The highest BCUT2D eigenvalue weighted by Crippen LogP contribution is 2.49. The van der Waals surface area contributed by atoms with Crippen LogP contribution in [0.4, 0.5) is 5.69 Å². The SMILES string of the molecule is COc1ccc(NC(=O)C2CN(S(=O)(=O)c3cccnc3)CC23CCCCC3)c(C)c1. The van der Waals surface area contributed by atoms with E-state index in [1.54, 1.807) is 25.4 Å². The van der Waals surface area contributed by atoms with E-state index in [0.717, 1.165) is 49.1 Å². The van der Waals surface area contributed by atoms with Gasteiger partial charge in [0.2, 0.25) is 15.9 Å². The van der Waals surface area contributed by atoms with Crippen LogP contribution in [0.1, 0.15) is 37.7 Å². The highest BCUT2D eigenvalue weighted by molar-refractivity contribution is 7.89. The summed E-state index contributed by atoms with van der Waals surface area (Å²) in [7, 11) is -2.09. The van der Waals surface area contributed by atoms with Crippen LogP contribution in [-0.4, -0.2) is 43.8 Å². The van der Waals surface area contributed by atoms with Gasteiger partial charge in [-0.05, 0) is 61.1 Å². The Hall–Kier alpha value is -2.45. The van der Waals surface area contributed by atoms with Gasteiger partial charge in [0, 0.05) is 31.2 Å². The zero-order chi connectivity index (χ0) is 22.1. The number of rotatable bonds is 5. The molecule has 7 nitrogen and oxygen atoms in total. The Labute approximate surface area is 183 Å². The number of carbonyl (C=O) groups is 1. The molecule has 1 N–H and O–H groups in total. The van der Waals surface area contributed by atoms with Gasteiger partial charge in [0.1, 0.15) is 10.6 Å². The number of anilines is 1. The van der Waals surface area contributed by atoms with E-state index in [1.807, 2.05) is 25.1 Å². The second-order valence-electron chi connectivity index (χ2n) is 8.63. The molecular weight excluding hydrogens is 414 g/mol. The van der Waals surface area contributed by atoms with Crippen molar-refractivity contribution in [1.82, 2.24) is 9.29 Å². The zero-order valence-electron chi connectivity index (χ0n) is 18.0. The average Bonchev–Trinajstić information content (AvgIpc) is 3.15. The van der Waals surface area contributed by atoms with E-state index in [0.29, 0.717) is 6.54 Å². The molecular formula is C23H29N3O4S. The Bertz CT molecular complexity index is 1050. The van der Waals surface area contributed by atoms with Crippen molar-refractivity contribution in [1.29, 1.82) is 0 Å². The molecule has 1 aromatic heterocycles. The van der Waals surface area contributed by atoms with E-state index in [-0.39, 0.29) is 28.7 Å². The van der Waals surface area contributed by atoms with Gasteiger partial charge in [-0.25, -0.2) is 8.42 Å². The molecule has 0 radical (unpaired) electrons. The Morgan fingerprint density at radius 3 is 2.65 bits per heavy atom. The third-order valence-corrected chi connectivity index (χ3v) is 8.54. The van der Waals surface area contributed by atoms with Crippen molar-refractivity contribution >= 4 is 21.6 Å². The van der Waals surface area contributed by atoms with Crippen molar-refractivity contribution in [3.05, 3.63) is 48.3 Å². The number of aromatic nitrogens is 1. The van der Waals surface area contributed by atoms with E-state index in [4.69, 9.17) is 4.74 Å². The van der Waals surface area contributed by atoms with Gasteiger partial charge < -0.3 is 10.1 Å². The van der Waals surface area contributed by atoms with Crippen molar-refractivity contribution in [2.24, 2.45) is 11.3 Å². The summed E-state index contributed by atoms with van der Waals surface area (Å²) in [6, 6.07) is 8.70. The standard InChI is InChI=1S/C23H29N3O4S/c1-17-13-18(30-2)8-9-21(17)25-22(27)20-15-26(16-23(20)10-4-3-5-11-23)31(28,29)19-7-6-12-24-14-19/h6-9,12-14,20H,3-5,10-11,15-16H2,1-2H3,(H,25,27). The number of carbonyl (C=O) groups excluding carboxylic acids is 1. The lowest BCUT2D eigenvalue weighted by Gasteiger charge is -2.37. The number of aryl methyl sites for hydroxylation is 1. The summed E-state index contributed by atoms with van der Waals surface area (Å²) in [5, 5.41) is 3.06. The number of benzene rings is 1. The minimum Gasteiger partial charge on any atom is -0.497 e. The molecule has 2 fully saturated rings. The molecule has 1 unspecified atom stereocenters. The molecule has 2 heterocycles. The molecule has 2 aliphatic rings. The van der Waals surface area contributed by atoms with Crippen molar-refractivity contribution < 1.29 is 17.9 Å². The summed E-state index contributed by atoms with van der Waals surface area (Å²) in [4.78, 5) is 17.6. The fourth-order valence-electron chi connectivity index (χ4n) is 5.00. The lowest BCUT2D eigenvalue weighted by atomic mass is 9.67. The van der Waals surface area contributed by atoms with Crippen LogP contribution in [-0.2, 0) is 14.8 Å². The molecule has 1 saturated carbocycles. The molecule has 1 atom stereocenters. The number of ether oxygens (including phenoxy) is 1. The largest absolute Gasteiger partial charge is 0.497 e. The van der Waals surface area contributed by atoms with Crippen molar-refractivity contribution in [3.8, 4) is 5.75 Å². The normalized spacial score (nSPS) is 21.2. The first-order valence-electron chi connectivity index (χ1n) is 10.7. The second-order valence-corrected chi connectivity index (χ2v) is 10.6. The highest BCUT2D eigenvalue weighted by atomic mass is 32.2. The number of methoxy groups -OCH3 is 1. The van der Waals surface area contributed by atoms with Gasteiger partial charge in [-0.1, -0.05) is 19.3 Å². The Kier molecular flexibility index (Phi) is 6.03. The first-order chi connectivity index (χ1) is 14.9. The van der Waals surface area contributed by atoms with Gasteiger partial charge in [-0.15, -0.1) is 0 Å². The molecule has 1 aliphatic carbocycles. The minimum atomic E-state index is -3.70. The maximum atomic E-state index is 13.4. The molecule has 0 bridgehead atoms. The van der Waals surface area contributed by atoms with Crippen LogP contribution in [0.25, 0.3) is 0 Å². The first-order valence-corrected chi connectivity index (χ1v) is 12.2. The fourth-order valence-corrected chi connectivity index (χ4v) is 6.52. The van der Waals surface area contributed by atoms with E-state index < -0.39 is 10.0 Å². The Morgan fingerprint density at radius 2 is 2.00 bits per heavy atom. The van der Waals surface area contributed by atoms with Crippen LogP contribution in [0.2, 0.25) is 0 Å². The van der Waals surface area contributed by atoms with Crippen LogP contribution >= 0.6 is 0 Å². The summed E-state index contributed by atoms with van der Waals surface area (Å²) in [5.74, 6) is 0.230. The lowest BCUT2D eigenvalue weighted by Crippen LogP contribution is -2.39. The third kappa shape index (κ3) is 4.19. The number of hydrogen-bond donors (Lipinski definition) is 1. The zero-order valence-corrected chi connectivity index (χ0v) is 18.8. The van der Waals surface area contributed by atoms with Gasteiger partial charge in [0.15, 0.2) is 0 Å². The topological polar surface area (TPSA) is 88.6 Å². The Balaban J connectivity index is 1.61. The summed E-state index contributed by atoms with van der Waals surface area (Å²) < 4.78 is 33.2. The number of sulfonamides is 1. The Morgan fingerprint density at radius 1 is 1.23 bits per heavy atom. The summed E-state index contributed by atoms with van der Waals surface area (Å²) in [6.07, 6.45) is 7.83. The molecule has 1 aliphatic heterocycles. The molecule has 1 spiro atoms. The molecule has 2 aromatic rings. The molecule has 1 aromatic carbocycles. The predicted octanol–water partition coefficient (Wildman–Crippen LogP) is 3.61. The predicted molar refractivity (Wildman–Crippen MR) is 118 cm³/mol. The maximum absolute atomic E-state index is 13.4. The number of hydrogen-bond acceptors (Lipinski definition) is 5. The van der Waals surface area contributed by atoms with Gasteiger partial charge in [0.25, 0.3) is 0 Å². The number of amides is 1. The van der Waals surface area contributed by atoms with Crippen molar-refractivity contribution in [2.75, 3.05) is 25.5 Å². The van der Waals surface area contributed by atoms with Gasteiger partial charge in [-0.3, -0.25) is 9.78 Å². The average molecular weight is 444 g/mol. The van der Waals surface area contributed by atoms with Gasteiger partial charge in [-0.2, -0.15) is 4.31 Å². The lowest BCUT2D eigenvalue weighted by molar-refractivity contribution is -0.123.